The van der Waals surface area contributed by atoms with Crippen molar-refractivity contribution in [2.24, 2.45) is 0 Å². The van der Waals surface area contributed by atoms with Gasteiger partial charge in [-0.15, -0.1) is 0 Å². The zero-order valence-corrected chi connectivity index (χ0v) is 21.6. The van der Waals surface area contributed by atoms with E-state index in [1.807, 2.05) is 68.4 Å². The van der Waals surface area contributed by atoms with Crippen LogP contribution in [0.3, 0.4) is 0 Å². The smallest absolute Gasteiger partial charge is 0.261 e. The molecular formula is C27H28BrClN2O3. The van der Waals surface area contributed by atoms with Crippen molar-refractivity contribution in [2.75, 3.05) is 6.61 Å². The van der Waals surface area contributed by atoms with Crippen molar-refractivity contribution in [1.29, 1.82) is 0 Å². The number of carbonyl (C=O) groups is 2. The van der Waals surface area contributed by atoms with E-state index in [2.05, 4.69) is 21.2 Å². The summed E-state index contributed by atoms with van der Waals surface area (Å²) in [6.07, 6.45) is 0.385. The largest absolute Gasteiger partial charge is 0.484 e. The van der Waals surface area contributed by atoms with Crippen LogP contribution in [0.5, 0.6) is 5.75 Å². The van der Waals surface area contributed by atoms with Crippen molar-refractivity contribution in [3.8, 4) is 5.75 Å². The molecule has 3 rings (SSSR count). The SMILES string of the molecule is CC(C)NC(=O)C(Cc1ccccc1)N(Cc1cccc(Br)c1)C(=O)COc1cccc(Cl)c1. The summed E-state index contributed by atoms with van der Waals surface area (Å²) in [6.45, 7) is 3.86. The Balaban J connectivity index is 1.91. The topological polar surface area (TPSA) is 58.6 Å². The Bertz CT molecular complexity index is 1110. The molecule has 0 aliphatic carbocycles. The Morgan fingerprint density at radius 2 is 1.68 bits per heavy atom. The van der Waals surface area contributed by atoms with Gasteiger partial charge in [-0.05, 0) is 55.3 Å². The molecule has 3 aromatic rings. The summed E-state index contributed by atoms with van der Waals surface area (Å²) in [5.74, 6) is -0.000703. The van der Waals surface area contributed by atoms with Crippen molar-refractivity contribution < 1.29 is 14.3 Å². The molecule has 1 atom stereocenters. The van der Waals surface area contributed by atoms with E-state index >= 15 is 0 Å². The number of amides is 2. The van der Waals surface area contributed by atoms with Gasteiger partial charge < -0.3 is 15.0 Å². The van der Waals surface area contributed by atoms with E-state index in [4.69, 9.17) is 16.3 Å². The molecule has 0 aliphatic heterocycles. The first-order valence-corrected chi connectivity index (χ1v) is 12.3. The molecule has 1 N–H and O–H groups in total. The number of halogens is 2. The highest BCUT2D eigenvalue weighted by Gasteiger charge is 2.31. The van der Waals surface area contributed by atoms with Gasteiger partial charge >= 0.3 is 0 Å². The van der Waals surface area contributed by atoms with Gasteiger partial charge in [-0.1, -0.05) is 76.1 Å². The third-order valence-electron chi connectivity index (χ3n) is 5.10. The number of hydrogen-bond acceptors (Lipinski definition) is 3. The van der Waals surface area contributed by atoms with Gasteiger partial charge in [-0.25, -0.2) is 0 Å². The van der Waals surface area contributed by atoms with E-state index in [1.165, 1.54) is 0 Å². The molecule has 0 bridgehead atoms. The van der Waals surface area contributed by atoms with Crippen LogP contribution < -0.4 is 10.1 Å². The van der Waals surface area contributed by atoms with Crippen LogP contribution in [-0.4, -0.2) is 35.4 Å². The average molecular weight is 544 g/mol. The predicted octanol–water partition coefficient (Wildman–Crippen LogP) is 5.65. The molecule has 0 saturated carbocycles. The highest BCUT2D eigenvalue weighted by atomic mass is 79.9. The van der Waals surface area contributed by atoms with Crippen molar-refractivity contribution in [3.63, 3.8) is 0 Å². The first-order valence-electron chi connectivity index (χ1n) is 11.1. The van der Waals surface area contributed by atoms with E-state index in [9.17, 15) is 9.59 Å². The molecule has 0 heterocycles. The third kappa shape index (κ3) is 7.89. The fraction of sp³-hybridized carbons (Fsp3) is 0.259. The van der Waals surface area contributed by atoms with E-state index in [0.717, 1.165) is 15.6 Å². The van der Waals surface area contributed by atoms with E-state index in [0.29, 0.717) is 17.2 Å². The summed E-state index contributed by atoms with van der Waals surface area (Å²) in [6, 6.07) is 23.5. The second-order valence-corrected chi connectivity index (χ2v) is 9.62. The number of carbonyl (C=O) groups excluding carboxylic acids is 2. The summed E-state index contributed by atoms with van der Waals surface area (Å²) >= 11 is 9.53. The summed E-state index contributed by atoms with van der Waals surface area (Å²) in [5.41, 5.74) is 1.87. The number of rotatable bonds is 10. The highest BCUT2D eigenvalue weighted by molar-refractivity contribution is 9.10. The van der Waals surface area contributed by atoms with Crippen molar-refractivity contribution in [1.82, 2.24) is 10.2 Å². The molecule has 0 radical (unpaired) electrons. The summed E-state index contributed by atoms with van der Waals surface area (Å²) in [7, 11) is 0. The van der Waals surface area contributed by atoms with Gasteiger partial charge in [0.2, 0.25) is 5.91 Å². The minimum absolute atomic E-state index is 0.0590. The Morgan fingerprint density at radius 1 is 0.971 bits per heavy atom. The van der Waals surface area contributed by atoms with Gasteiger partial charge in [-0.3, -0.25) is 9.59 Å². The lowest BCUT2D eigenvalue weighted by atomic mass is 10.0. The Hall–Kier alpha value is -2.83. The zero-order valence-electron chi connectivity index (χ0n) is 19.2. The molecule has 0 aliphatic rings. The maximum absolute atomic E-state index is 13.5. The number of nitrogens with zero attached hydrogens (tertiary/aromatic N) is 1. The third-order valence-corrected chi connectivity index (χ3v) is 5.83. The van der Waals surface area contributed by atoms with Gasteiger partial charge in [-0.2, -0.15) is 0 Å². The minimum atomic E-state index is -0.709. The van der Waals surface area contributed by atoms with Crippen LogP contribution in [0.1, 0.15) is 25.0 Å². The minimum Gasteiger partial charge on any atom is -0.484 e. The fourth-order valence-corrected chi connectivity index (χ4v) is 4.18. The second kappa shape index (κ2) is 12.6. The maximum atomic E-state index is 13.5. The molecule has 0 fully saturated rings. The normalized spacial score (nSPS) is 11.7. The Labute approximate surface area is 214 Å². The number of ether oxygens (including phenoxy) is 1. The van der Waals surface area contributed by atoms with E-state index < -0.39 is 6.04 Å². The molecule has 0 spiro atoms. The molecule has 34 heavy (non-hydrogen) atoms. The maximum Gasteiger partial charge on any atom is 0.261 e. The van der Waals surface area contributed by atoms with Crippen LogP contribution >= 0.6 is 27.5 Å². The van der Waals surface area contributed by atoms with E-state index in [1.54, 1.807) is 29.2 Å². The highest BCUT2D eigenvalue weighted by Crippen LogP contribution is 2.20. The van der Waals surface area contributed by atoms with Crippen LogP contribution in [-0.2, 0) is 22.6 Å². The second-order valence-electron chi connectivity index (χ2n) is 8.27. The van der Waals surface area contributed by atoms with Gasteiger partial charge in [0.05, 0.1) is 0 Å². The summed E-state index contributed by atoms with van der Waals surface area (Å²) in [4.78, 5) is 28.4. The molecule has 3 aromatic carbocycles. The average Bonchev–Trinajstić information content (AvgIpc) is 2.80. The Kier molecular flexibility index (Phi) is 9.54. The molecule has 1 unspecified atom stereocenters. The molecule has 0 aromatic heterocycles. The Morgan fingerprint density at radius 3 is 2.35 bits per heavy atom. The lowest BCUT2D eigenvalue weighted by Crippen LogP contribution is -2.52. The lowest BCUT2D eigenvalue weighted by Gasteiger charge is -2.32. The molecule has 5 nitrogen and oxygen atoms in total. The summed E-state index contributed by atoms with van der Waals surface area (Å²) in [5, 5.41) is 3.50. The first kappa shape index (κ1) is 25.8. The van der Waals surface area contributed by atoms with Crippen LogP contribution in [0, 0.1) is 0 Å². The van der Waals surface area contributed by atoms with Gasteiger partial charge in [0.25, 0.3) is 5.91 Å². The van der Waals surface area contributed by atoms with Crippen LogP contribution in [0.15, 0.2) is 83.3 Å². The lowest BCUT2D eigenvalue weighted by molar-refractivity contribution is -0.143. The van der Waals surface area contributed by atoms with Gasteiger partial charge in [0.1, 0.15) is 11.8 Å². The van der Waals surface area contributed by atoms with Crippen molar-refractivity contribution >= 4 is 39.3 Å². The first-order chi connectivity index (χ1) is 16.3. The summed E-state index contributed by atoms with van der Waals surface area (Å²) < 4.78 is 6.64. The van der Waals surface area contributed by atoms with Crippen LogP contribution in [0.4, 0.5) is 0 Å². The predicted molar refractivity (Wildman–Crippen MR) is 139 cm³/mol. The molecular weight excluding hydrogens is 516 g/mol. The van der Waals surface area contributed by atoms with E-state index in [-0.39, 0.29) is 31.0 Å². The van der Waals surface area contributed by atoms with Gasteiger partial charge in [0.15, 0.2) is 6.61 Å². The monoisotopic (exact) mass is 542 g/mol. The van der Waals surface area contributed by atoms with Crippen molar-refractivity contribution in [2.45, 2.75) is 38.9 Å². The number of hydrogen-bond donors (Lipinski definition) is 1. The van der Waals surface area contributed by atoms with Crippen LogP contribution in [0.25, 0.3) is 0 Å². The number of benzene rings is 3. The van der Waals surface area contributed by atoms with Crippen molar-refractivity contribution in [3.05, 3.63) is 99.5 Å². The zero-order chi connectivity index (χ0) is 24.5. The van der Waals surface area contributed by atoms with Crippen LogP contribution in [0.2, 0.25) is 5.02 Å². The fourth-order valence-electron chi connectivity index (χ4n) is 3.55. The standard InChI is InChI=1S/C27H28BrClN2O3/c1-19(2)30-27(33)25(15-20-8-4-3-5-9-20)31(17-21-10-6-11-22(28)14-21)26(32)18-34-24-13-7-12-23(29)16-24/h3-14,16,19,25H,15,17-18H2,1-2H3,(H,30,33). The molecule has 0 saturated heterocycles. The quantitative estimate of drug-likeness (QED) is 0.360. The van der Waals surface area contributed by atoms with Gasteiger partial charge in [0, 0.05) is 28.5 Å². The molecule has 178 valence electrons. The molecule has 7 heteroatoms. The molecule has 2 amide bonds. The number of nitrogens with one attached hydrogen (secondary N) is 1.